The molecule has 0 aliphatic rings. The number of aromatic hydroxyl groups is 1. The molecule has 0 aromatic heterocycles. The van der Waals surface area contributed by atoms with Gasteiger partial charge in [0.1, 0.15) is 5.75 Å². The number of allylic oxidation sites excluding steroid dienone is 2. The number of rotatable bonds is 5. The maximum Gasteiger partial charge on any atom is 0.121 e. The van der Waals surface area contributed by atoms with Crippen LogP contribution in [0.2, 0.25) is 0 Å². The van der Waals surface area contributed by atoms with Crippen LogP contribution >= 0.6 is 0 Å². The van der Waals surface area contributed by atoms with Crippen molar-refractivity contribution in [2.75, 3.05) is 0 Å². The fourth-order valence-corrected chi connectivity index (χ4v) is 1.84. The summed E-state index contributed by atoms with van der Waals surface area (Å²) >= 11 is 0. The van der Waals surface area contributed by atoms with E-state index < -0.39 is 5.60 Å². The third kappa shape index (κ3) is 3.47. The number of hydrogen-bond acceptors (Lipinski definition) is 2. The van der Waals surface area contributed by atoms with Crippen LogP contribution in [0.25, 0.3) is 0 Å². The van der Waals surface area contributed by atoms with Crippen LogP contribution in [0.15, 0.2) is 42.5 Å². The summed E-state index contributed by atoms with van der Waals surface area (Å²) in [7, 11) is 0. The maximum atomic E-state index is 10.5. The molecular formula is C16H22O2. The summed E-state index contributed by atoms with van der Waals surface area (Å²) in [5.74, 6) is 0.140. The summed E-state index contributed by atoms with van der Waals surface area (Å²) in [4.78, 5) is 0. The summed E-state index contributed by atoms with van der Waals surface area (Å²) in [5.41, 5.74) is 2.33. The Morgan fingerprint density at radius 1 is 1.33 bits per heavy atom. The highest BCUT2D eigenvalue weighted by Gasteiger charge is 2.26. The zero-order valence-corrected chi connectivity index (χ0v) is 11.5. The molecule has 0 heterocycles. The highest BCUT2D eigenvalue weighted by molar-refractivity contribution is 5.39. The lowest BCUT2D eigenvalue weighted by molar-refractivity contribution is 0.0458. The first-order valence-electron chi connectivity index (χ1n) is 6.10. The van der Waals surface area contributed by atoms with Crippen molar-refractivity contribution in [3.8, 4) is 5.75 Å². The first-order chi connectivity index (χ1) is 8.24. The van der Waals surface area contributed by atoms with Crippen molar-refractivity contribution in [2.24, 2.45) is 0 Å². The molecule has 1 rings (SSSR count). The van der Waals surface area contributed by atoms with Gasteiger partial charge in [-0.2, -0.15) is 0 Å². The van der Waals surface area contributed by atoms with Crippen LogP contribution in [-0.2, 0) is 5.60 Å². The van der Waals surface area contributed by atoms with Gasteiger partial charge in [-0.05, 0) is 45.2 Å². The molecule has 0 radical (unpaired) electrons. The lowest BCUT2D eigenvalue weighted by Gasteiger charge is -2.25. The maximum absolute atomic E-state index is 10.5. The molecule has 2 nitrogen and oxygen atoms in total. The van der Waals surface area contributed by atoms with Crippen molar-refractivity contribution < 1.29 is 10.2 Å². The summed E-state index contributed by atoms with van der Waals surface area (Å²) in [5, 5.41) is 20.4. The van der Waals surface area contributed by atoms with Gasteiger partial charge in [-0.25, -0.2) is 0 Å². The molecule has 1 atom stereocenters. The molecule has 0 amide bonds. The normalized spacial score (nSPS) is 14.0. The van der Waals surface area contributed by atoms with Crippen LogP contribution < -0.4 is 0 Å². The molecule has 18 heavy (non-hydrogen) atoms. The molecule has 2 N–H and O–H groups in total. The quantitative estimate of drug-likeness (QED) is 0.775. The van der Waals surface area contributed by atoms with Gasteiger partial charge >= 0.3 is 0 Å². The van der Waals surface area contributed by atoms with E-state index in [1.54, 1.807) is 19.1 Å². The topological polar surface area (TPSA) is 40.5 Å². The number of benzene rings is 1. The average molecular weight is 246 g/mol. The van der Waals surface area contributed by atoms with Gasteiger partial charge in [0, 0.05) is 5.56 Å². The van der Waals surface area contributed by atoms with Crippen molar-refractivity contribution in [3.05, 3.63) is 53.6 Å². The lowest BCUT2D eigenvalue weighted by Crippen LogP contribution is -2.21. The Balaban J connectivity index is 2.85. The molecule has 98 valence electrons. The van der Waals surface area contributed by atoms with E-state index in [4.69, 9.17) is 0 Å². The van der Waals surface area contributed by atoms with Gasteiger partial charge in [0.15, 0.2) is 0 Å². The first-order valence-corrected chi connectivity index (χ1v) is 6.10. The van der Waals surface area contributed by atoms with Crippen LogP contribution in [0.1, 0.15) is 37.8 Å². The van der Waals surface area contributed by atoms with E-state index >= 15 is 0 Å². The summed E-state index contributed by atoms with van der Waals surface area (Å²) < 4.78 is 0. The van der Waals surface area contributed by atoms with Crippen LogP contribution in [0.3, 0.4) is 0 Å². The minimum Gasteiger partial charge on any atom is -0.508 e. The number of hydrogen-bond donors (Lipinski definition) is 2. The van der Waals surface area contributed by atoms with E-state index in [1.165, 1.54) is 0 Å². The fourth-order valence-electron chi connectivity index (χ4n) is 1.84. The molecule has 2 heteroatoms. The summed E-state index contributed by atoms with van der Waals surface area (Å²) in [6, 6.07) is 5.32. The van der Waals surface area contributed by atoms with Gasteiger partial charge in [0.2, 0.25) is 0 Å². The van der Waals surface area contributed by atoms with Gasteiger partial charge in [-0.15, -0.1) is 0 Å². The Morgan fingerprint density at radius 3 is 2.44 bits per heavy atom. The van der Waals surface area contributed by atoms with E-state index in [0.717, 1.165) is 16.7 Å². The molecular weight excluding hydrogens is 224 g/mol. The summed E-state index contributed by atoms with van der Waals surface area (Å²) in [6.45, 7) is 13.3. The highest BCUT2D eigenvalue weighted by Crippen LogP contribution is 2.34. The molecule has 0 aliphatic carbocycles. The SMILES string of the molecule is C=C(C)C(=C)CCC(C)(O)c1ccc(C)cc1O. The molecule has 0 saturated heterocycles. The van der Waals surface area contributed by atoms with Crippen LogP contribution in [0.5, 0.6) is 5.75 Å². The Labute approximate surface area is 109 Å². The largest absolute Gasteiger partial charge is 0.508 e. The highest BCUT2D eigenvalue weighted by atomic mass is 16.3. The second-order valence-corrected chi connectivity index (χ2v) is 5.18. The van der Waals surface area contributed by atoms with Crippen LogP contribution in [0, 0.1) is 6.92 Å². The van der Waals surface area contributed by atoms with Crippen LogP contribution in [0.4, 0.5) is 0 Å². The van der Waals surface area contributed by atoms with E-state index in [-0.39, 0.29) is 5.75 Å². The Bertz CT molecular complexity index is 470. The average Bonchev–Trinajstić information content (AvgIpc) is 2.25. The zero-order valence-electron chi connectivity index (χ0n) is 11.5. The predicted molar refractivity (Wildman–Crippen MR) is 75.6 cm³/mol. The Hall–Kier alpha value is -1.54. The van der Waals surface area contributed by atoms with Gasteiger partial charge in [-0.1, -0.05) is 36.4 Å². The summed E-state index contributed by atoms with van der Waals surface area (Å²) in [6.07, 6.45) is 1.17. The first kappa shape index (κ1) is 14.5. The van der Waals surface area contributed by atoms with Gasteiger partial charge in [0.05, 0.1) is 5.60 Å². The minimum absolute atomic E-state index is 0.140. The van der Waals surface area contributed by atoms with Crippen molar-refractivity contribution in [2.45, 2.75) is 39.2 Å². The van der Waals surface area contributed by atoms with E-state index in [2.05, 4.69) is 13.2 Å². The molecule has 1 aromatic rings. The van der Waals surface area contributed by atoms with Crippen molar-refractivity contribution >= 4 is 0 Å². The van der Waals surface area contributed by atoms with Gasteiger partial charge in [-0.3, -0.25) is 0 Å². The van der Waals surface area contributed by atoms with Gasteiger partial charge in [0.25, 0.3) is 0 Å². The van der Waals surface area contributed by atoms with E-state index in [9.17, 15) is 10.2 Å². The second-order valence-electron chi connectivity index (χ2n) is 5.18. The molecule has 0 fully saturated rings. The van der Waals surface area contributed by atoms with Gasteiger partial charge < -0.3 is 10.2 Å². The number of aryl methyl sites for hydroxylation is 1. The number of aliphatic hydroxyl groups is 1. The monoisotopic (exact) mass is 246 g/mol. The molecule has 0 bridgehead atoms. The molecule has 1 unspecified atom stereocenters. The zero-order chi connectivity index (χ0) is 13.9. The molecule has 0 saturated carbocycles. The van der Waals surface area contributed by atoms with Crippen molar-refractivity contribution in [1.29, 1.82) is 0 Å². The third-order valence-electron chi connectivity index (χ3n) is 3.25. The lowest BCUT2D eigenvalue weighted by atomic mass is 9.87. The smallest absolute Gasteiger partial charge is 0.121 e. The van der Waals surface area contributed by atoms with Crippen molar-refractivity contribution in [3.63, 3.8) is 0 Å². The minimum atomic E-state index is -1.06. The Kier molecular flexibility index (Phi) is 4.36. The molecule has 1 aromatic carbocycles. The standard InChI is InChI=1S/C16H22O2/c1-11(2)13(4)8-9-16(5,18)14-7-6-12(3)10-15(14)17/h6-7,10,17-18H,1,4,8-9H2,2-3,5H3. The number of phenolic OH excluding ortho intramolecular Hbond substituents is 1. The predicted octanol–water partition coefficient (Wildman–Crippen LogP) is 3.82. The third-order valence-corrected chi connectivity index (χ3v) is 3.25. The second kappa shape index (κ2) is 5.40. The Morgan fingerprint density at radius 2 is 1.94 bits per heavy atom. The number of phenols is 1. The molecule has 0 spiro atoms. The van der Waals surface area contributed by atoms with E-state index in [1.807, 2.05) is 19.9 Å². The fraction of sp³-hybridized carbons (Fsp3) is 0.375. The van der Waals surface area contributed by atoms with Crippen LogP contribution in [-0.4, -0.2) is 10.2 Å². The van der Waals surface area contributed by atoms with E-state index in [0.29, 0.717) is 18.4 Å². The van der Waals surface area contributed by atoms with Crippen molar-refractivity contribution in [1.82, 2.24) is 0 Å². The molecule has 0 aliphatic heterocycles.